The molecular weight excluding hydrogens is 394 g/mol. The number of carbonyl (C=O) groups excluding carboxylic acids is 2. The first-order valence-corrected chi connectivity index (χ1v) is 11.1. The maximum atomic E-state index is 13.0. The molecule has 3 atom stereocenters. The minimum Gasteiger partial charge on any atom is -0.354 e. The van der Waals surface area contributed by atoms with Gasteiger partial charge in [-0.3, -0.25) is 9.59 Å². The van der Waals surface area contributed by atoms with E-state index in [-0.39, 0.29) is 35.5 Å². The molecule has 1 aromatic rings. The van der Waals surface area contributed by atoms with Crippen LogP contribution in [0.5, 0.6) is 0 Å². The van der Waals surface area contributed by atoms with Crippen molar-refractivity contribution in [1.29, 1.82) is 0 Å². The molecular formula is C21H32ClN3O2S. The second-order valence-corrected chi connectivity index (χ2v) is 8.79. The Morgan fingerprint density at radius 2 is 2.04 bits per heavy atom. The lowest BCUT2D eigenvalue weighted by Crippen LogP contribution is -2.48. The van der Waals surface area contributed by atoms with Gasteiger partial charge in [-0.25, -0.2) is 0 Å². The van der Waals surface area contributed by atoms with Gasteiger partial charge in [-0.1, -0.05) is 25.1 Å². The van der Waals surface area contributed by atoms with Crippen LogP contribution >= 0.6 is 24.2 Å². The highest BCUT2D eigenvalue weighted by atomic mass is 35.5. The second-order valence-electron chi connectivity index (χ2n) is 7.51. The summed E-state index contributed by atoms with van der Waals surface area (Å²) < 4.78 is 0. The smallest absolute Gasteiger partial charge is 0.237 e. The van der Waals surface area contributed by atoms with E-state index in [0.29, 0.717) is 12.5 Å². The number of rotatable bonds is 7. The summed E-state index contributed by atoms with van der Waals surface area (Å²) in [6, 6.07) is 10.1. The summed E-state index contributed by atoms with van der Waals surface area (Å²) in [7, 11) is 0. The van der Waals surface area contributed by atoms with Crippen molar-refractivity contribution in [3.8, 4) is 0 Å². The molecule has 0 aromatic heterocycles. The molecule has 3 rings (SSSR count). The predicted octanol–water partition coefficient (Wildman–Crippen LogP) is 3.09. The Labute approximate surface area is 178 Å². The predicted molar refractivity (Wildman–Crippen MR) is 117 cm³/mol. The SMILES string of the molecule is CCC(Sc1ccccc1)C(=O)N1CCCC(CNC(=O)C2CCCN2)C1.Cl. The molecule has 2 N–H and O–H groups in total. The Bertz CT molecular complexity index is 625. The van der Waals surface area contributed by atoms with Crippen molar-refractivity contribution in [1.82, 2.24) is 15.5 Å². The Hall–Kier alpha value is -1.24. The van der Waals surface area contributed by atoms with E-state index in [4.69, 9.17) is 0 Å². The normalized spacial score (nSPS) is 23.0. The fourth-order valence-electron chi connectivity index (χ4n) is 3.88. The molecule has 0 bridgehead atoms. The van der Waals surface area contributed by atoms with Crippen molar-refractivity contribution in [2.75, 3.05) is 26.2 Å². The molecule has 0 spiro atoms. The first-order valence-electron chi connectivity index (χ1n) is 10.2. The van der Waals surface area contributed by atoms with E-state index in [0.717, 1.165) is 56.6 Å². The summed E-state index contributed by atoms with van der Waals surface area (Å²) in [6.45, 7) is 5.27. The fraction of sp³-hybridized carbons (Fsp3) is 0.619. The van der Waals surface area contributed by atoms with E-state index in [2.05, 4.69) is 29.7 Å². The third kappa shape index (κ3) is 6.39. The lowest BCUT2D eigenvalue weighted by atomic mass is 9.97. The zero-order valence-electron chi connectivity index (χ0n) is 16.6. The number of benzene rings is 1. The van der Waals surface area contributed by atoms with Crippen molar-refractivity contribution in [3.05, 3.63) is 30.3 Å². The number of amides is 2. The first kappa shape index (κ1) is 23.0. The van der Waals surface area contributed by atoms with Gasteiger partial charge in [0.15, 0.2) is 0 Å². The minimum atomic E-state index is -0.0385. The highest BCUT2D eigenvalue weighted by Crippen LogP contribution is 2.28. The van der Waals surface area contributed by atoms with Crippen molar-refractivity contribution in [2.45, 2.75) is 55.2 Å². The Balaban J connectivity index is 0.00000280. The summed E-state index contributed by atoms with van der Waals surface area (Å²) in [6.07, 6.45) is 4.91. The number of carbonyl (C=O) groups is 2. The molecule has 2 saturated heterocycles. The molecule has 5 nitrogen and oxygen atoms in total. The van der Waals surface area contributed by atoms with Gasteiger partial charge in [-0.15, -0.1) is 24.2 Å². The van der Waals surface area contributed by atoms with Gasteiger partial charge in [0.25, 0.3) is 0 Å². The molecule has 0 radical (unpaired) electrons. The number of hydrogen-bond donors (Lipinski definition) is 2. The van der Waals surface area contributed by atoms with Gasteiger partial charge in [-0.05, 0) is 56.7 Å². The number of hydrogen-bond acceptors (Lipinski definition) is 4. The summed E-state index contributed by atoms with van der Waals surface area (Å²) in [5.74, 6) is 0.703. The number of thioether (sulfide) groups is 1. The van der Waals surface area contributed by atoms with Crippen molar-refractivity contribution < 1.29 is 9.59 Å². The maximum Gasteiger partial charge on any atom is 0.237 e. The van der Waals surface area contributed by atoms with Crippen molar-refractivity contribution in [2.24, 2.45) is 5.92 Å². The number of piperidine rings is 1. The lowest BCUT2D eigenvalue weighted by Gasteiger charge is -2.35. The van der Waals surface area contributed by atoms with E-state index in [1.165, 1.54) is 0 Å². The molecule has 2 amide bonds. The Kier molecular flexibility index (Phi) is 9.62. The molecule has 2 heterocycles. The molecule has 2 fully saturated rings. The van der Waals surface area contributed by atoms with Crippen LogP contribution in [0.15, 0.2) is 35.2 Å². The summed E-state index contributed by atoms with van der Waals surface area (Å²) in [5, 5.41) is 6.29. The van der Waals surface area contributed by atoms with Crippen LogP contribution in [0.25, 0.3) is 0 Å². The number of halogens is 1. The molecule has 7 heteroatoms. The highest BCUT2D eigenvalue weighted by Gasteiger charge is 2.29. The molecule has 1 aromatic carbocycles. The zero-order chi connectivity index (χ0) is 19.1. The number of nitrogens with zero attached hydrogens (tertiary/aromatic N) is 1. The molecule has 2 aliphatic rings. The van der Waals surface area contributed by atoms with Crippen molar-refractivity contribution in [3.63, 3.8) is 0 Å². The third-order valence-corrected chi connectivity index (χ3v) is 6.80. The van der Waals surface area contributed by atoms with Crippen molar-refractivity contribution >= 4 is 36.0 Å². The van der Waals surface area contributed by atoms with E-state index in [1.54, 1.807) is 11.8 Å². The maximum absolute atomic E-state index is 13.0. The second kappa shape index (κ2) is 11.7. The minimum absolute atomic E-state index is 0. The number of nitrogens with one attached hydrogen (secondary N) is 2. The lowest BCUT2D eigenvalue weighted by molar-refractivity contribution is -0.132. The van der Waals surface area contributed by atoms with Crippen LogP contribution in [0.4, 0.5) is 0 Å². The quantitative estimate of drug-likeness (QED) is 0.659. The van der Waals surface area contributed by atoms with Crippen LogP contribution < -0.4 is 10.6 Å². The van der Waals surface area contributed by atoms with Crippen LogP contribution in [0.3, 0.4) is 0 Å². The average Bonchev–Trinajstić information content (AvgIpc) is 3.26. The standard InChI is InChI=1S/C21H31N3O2S.ClH/c1-2-19(27-17-9-4-3-5-10-17)21(26)24-13-7-8-16(15-24)14-23-20(25)18-11-6-12-22-18;/h3-5,9-10,16,18-19,22H,2,6-8,11-15H2,1H3,(H,23,25);1H. The molecule has 3 unspecified atom stereocenters. The van der Waals surface area contributed by atoms with Gasteiger partial charge in [0, 0.05) is 24.5 Å². The summed E-state index contributed by atoms with van der Waals surface area (Å²) in [4.78, 5) is 28.4. The van der Waals surface area contributed by atoms with Crippen LogP contribution in [0.1, 0.15) is 39.0 Å². The third-order valence-electron chi connectivity index (χ3n) is 5.44. The Morgan fingerprint density at radius 1 is 1.25 bits per heavy atom. The van der Waals surface area contributed by atoms with Crippen LogP contribution in [0, 0.1) is 5.92 Å². The first-order chi connectivity index (χ1) is 13.2. The van der Waals surface area contributed by atoms with Crippen LogP contribution in [-0.2, 0) is 9.59 Å². The zero-order valence-corrected chi connectivity index (χ0v) is 18.2. The van der Waals surface area contributed by atoms with Gasteiger partial charge >= 0.3 is 0 Å². The van der Waals surface area contributed by atoms with Gasteiger partial charge in [0.2, 0.25) is 11.8 Å². The van der Waals surface area contributed by atoms with Crippen LogP contribution in [-0.4, -0.2) is 54.2 Å². The van der Waals surface area contributed by atoms with Gasteiger partial charge in [0.05, 0.1) is 11.3 Å². The topological polar surface area (TPSA) is 61.4 Å². The largest absolute Gasteiger partial charge is 0.354 e. The van der Waals surface area contributed by atoms with E-state index < -0.39 is 0 Å². The van der Waals surface area contributed by atoms with E-state index >= 15 is 0 Å². The molecule has 0 saturated carbocycles. The van der Waals surface area contributed by atoms with E-state index in [9.17, 15) is 9.59 Å². The van der Waals surface area contributed by atoms with Gasteiger partial charge < -0.3 is 15.5 Å². The number of likely N-dealkylation sites (tertiary alicyclic amines) is 1. The highest BCUT2D eigenvalue weighted by molar-refractivity contribution is 8.00. The molecule has 28 heavy (non-hydrogen) atoms. The molecule has 2 aliphatic heterocycles. The fourth-order valence-corrected chi connectivity index (χ4v) is 4.94. The monoisotopic (exact) mass is 425 g/mol. The van der Waals surface area contributed by atoms with E-state index in [1.807, 2.05) is 23.1 Å². The van der Waals surface area contributed by atoms with Gasteiger partial charge in [-0.2, -0.15) is 0 Å². The van der Waals surface area contributed by atoms with Crippen LogP contribution in [0.2, 0.25) is 0 Å². The average molecular weight is 426 g/mol. The summed E-state index contributed by atoms with van der Waals surface area (Å²) in [5.41, 5.74) is 0. The summed E-state index contributed by atoms with van der Waals surface area (Å²) >= 11 is 1.66. The molecule has 156 valence electrons. The molecule has 0 aliphatic carbocycles. The Morgan fingerprint density at radius 3 is 2.71 bits per heavy atom. The van der Waals surface area contributed by atoms with Gasteiger partial charge in [0.1, 0.15) is 0 Å².